The molecule has 0 aliphatic carbocycles. The van der Waals surface area contributed by atoms with Gasteiger partial charge in [0.25, 0.3) is 11.1 Å². The van der Waals surface area contributed by atoms with Crippen LogP contribution in [0.5, 0.6) is 0 Å². The molecular weight excluding hydrogens is 444 g/mol. The van der Waals surface area contributed by atoms with E-state index in [1.807, 2.05) is 67.6 Å². The molecule has 0 amide bonds. The van der Waals surface area contributed by atoms with Gasteiger partial charge in [0.05, 0.1) is 22.3 Å². The summed E-state index contributed by atoms with van der Waals surface area (Å²) in [5, 5.41) is 1.14. The van der Waals surface area contributed by atoms with Crippen LogP contribution in [0.25, 0.3) is 22.2 Å². The van der Waals surface area contributed by atoms with Gasteiger partial charge in [0, 0.05) is 18.0 Å². The summed E-state index contributed by atoms with van der Waals surface area (Å²) >= 11 is 1.41. The van der Waals surface area contributed by atoms with Crippen molar-refractivity contribution in [2.45, 2.75) is 37.6 Å². The smallest absolute Gasteiger partial charge is 0.266 e. The molecule has 0 aliphatic rings. The van der Waals surface area contributed by atoms with E-state index in [1.165, 1.54) is 16.2 Å². The van der Waals surface area contributed by atoms with E-state index in [9.17, 15) is 9.59 Å². The molecule has 170 valence electrons. The van der Waals surface area contributed by atoms with Crippen molar-refractivity contribution in [3.8, 4) is 5.69 Å². The lowest BCUT2D eigenvalue weighted by atomic mass is 10.0. The topological polar surface area (TPSA) is 69.3 Å². The highest BCUT2D eigenvalue weighted by molar-refractivity contribution is 7.98. The lowest BCUT2D eigenvalue weighted by molar-refractivity contribution is 0.780. The van der Waals surface area contributed by atoms with Gasteiger partial charge in [0.15, 0.2) is 5.16 Å². The van der Waals surface area contributed by atoms with Crippen molar-refractivity contribution in [3.63, 3.8) is 0 Å². The van der Waals surface area contributed by atoms with Gasteiger partial charge in [-0.05, 0) is 54.3 Å². The molecule has 0 N–H and O–H groups in total. The van der Waals surface area contributed by atoms with Gasteiger partial charge in [0.2, 0.25) is 0 Å². The van der Waals surface area contributed by atoms with Crippen LogP contribution >= 0.6 is 11.8 Å². The Bertz CT molecular complexity index is 1650. The number of aryl methyl sites for hydroxylation is 1. The molecule has 0 aliphatic heterocycles. The van der Waals surface area contributed by atoms with Crippen molar-refractivity contribution in [2.75, 3.05) is 0 Å². The third-order valence-electron chi connectivity index (χ3n) is 5.77. The first-order valence-corrected chi connectivity index (χ1v) is 12.1. The molecule has 2 aromatic carbocycles. The molecule has 0 fully saturated rings. The molecule has 3 heterocycles. The minimum Gasteiger partial charge on any atom is -0.269 e. The Balaban J connectivity index is 1.64. The number of fused-ring (bicyclic) bond motifs is 2. The quantitative estimate of drug-likeness (QED) is 0.265. The zero-order valence-electron chi connectivity index (χ0n) is 19.2. The average molecular weight is 469 g/mol. The number of pyridine rings is 1. The van der Waals surface area contributed by atoms with Crippen molar-refractivity contribution in [1.29, 1.82) is 0 Å². The molecule has 6 nitrogen and oxygen atoms in total. The molecule has 0 atom stereocenters. The van der Waals surface area contributed by atoms with E-state index in [-0.39, 0.29) is 17.0 Å². The van der Waals surface area contributed by atoms with Crippen LogP contribution in [0.1, 0.15) is 36.6 Å². The highest BCUT2D eigenvalue weighted by Crippen LogP contribution is 2.28. The molecule has 3 aromatic heterocycles. The van der Waals surface area contributed by atoms with Crippen LogP contribution in [-0.2, 0) is 5.75 Å². The molecule has 7 heteroatoms. The number of benzene rings is 2. The number of para-hydroxylation sites is 2. The van der Waals surface area contributed by atoms with Crippen molar-refractivity contribution >= 4 is 28.3 Å². The third kappa shape index (κ3) is 4.03. The molecule has 5 aromatic rings. The highest BCUT2D eigenvalue weighted by atomic mass is 32.2. The minimum atomic E-state index is -0.130. The monoisotopic (exact) mass is 468 g/mol. The summed E-state index contributed by atoms with van der Waals surface area (Å²) in [4.78, 5) is 35.8. The third-order valence-corrected chi connectivity index (χ3v) is 6.74. The normalized spacial score (nSPS) is 11.5. The van der Waals surface area contributed by atoms with Crippen molar-refractivity contribution in [2.24, 2.45) is 0 Å². The van der Waals surface area contributed by atoms with Gasteiger partial charge in [0.1, 0.15) is 5.65 Å². The second-order valence-corrected chi connectivity index (χ2v) is 9.51. The van der Waals surface area contributed by atoms with E-state index in [1.54, 1.807) is 16.8 Å². The van der Waals surface area contributed by atoms with E-state index in [0.717, 1.165) is 16.8 Å². The number of nitrogens with zero attached hydrogens (tertiary/aromatic N) is 4. The van der Waals surface area contributed by atoms with E-state index >= 15 is 0 Å². The van der Waals surface area contributed by atoms with Gasteiger partial charge in [-0.25, -0.2) is 9.97 Å². The van der Waals surface area contributed by atoms with Crippen LogP contribution in [0.4, 0.5) is 0 Å². The fraction of sp³-hybridized carbons (Fsp3) is 0.185. The first-order valence-electron chi connectivity index (χ1n) is 11.2. The molecule has 0 unspecified atom stereocenters. The fourth-order valence-electron chi connectivity index (χ4n) is 4.07. The van der Waals surface area contributed by atoms with Crippen molar-refractivity contribution in [1.82, 2.24) is 18.9 Å². The maximum Gasteiger partial charge on any atom is 0.266 e. The Hall–Kier alpha value is -3.71. The number of rotatable bonds is 5. The maximum absolute atomic E-state index is 13.6. The lowest BCUT2D eigenvalue weighted by Crippen LogP contribution is -2.23. The van der Waals surface area contributed by atoms with Crippen LogP contribution < -0.4 is 11.1 Å². The van der Waals surface area contributed by atoms with Crippen LogP contribution in [-0.4, -0.2) is 18.9 Å². The fourth-order valence-corrected chi connectivity index (χ4v) is 4.97. The molecule has 0 bridgehead atoms. The average Bonchev–Trinajstić information content (AvgIpc) is 2.82. The predicted octanol–water partition coefficient (Wildman–Crippen LogP) is 5.12. The van der Waals surface area contributed by atoms with Gasteiger partial charge in [-0.2, -0.15) is 0 Å². The molecule has 0 saturated heterocycles. The van der Waals surface area contributed by atoms with E-state index in [0.29, 0.717) is 33.2 Å². The van der Waals surface area contributed by atoms with Crippen molar-refractivity contribution < 1.29 is 0 Å². The van der Waals surface area contributed by atoms with Crippen LogP contribution in [0.15, 0.2) is 87.7 Å². The molecular formula is C27H24N4O2S. The SMILES string of the molecule is Cc1ccn2c(=O)cc(CSc3nc4ccccc4c(=O)n3-c3ccccc3C(C)C)nc2c1. The van der Waals surface area contributed by atoms with Crippen LogP contribution in [0.3, 0.4) is 0 Å². The van der Waals surface area contributed by atoms with Gasteiger partial charge < -0.3 is 0 Å². The first kappa shape index (κ1) is 22.1. The van der Waals surface area contributed by atoms with E-state index < -0.39 is 0 Å². The second kappa shape index (κ2) is 8.91. The molecule has 0 saturated carbocycles. The standard InChI is InChI=1S/C27H24N4O2S/c1-17(2)20-8-5-7-11-23(20)31-26(33)21-9-4-6-10-22(21)29-27(31)34-16-19-15-25(32)30-13-12-18(3)14-24(30)28-19/h4-15,17H,16H2,1-3H3. The number of hydrogen-bond donors (Lipinski definition) is 0. The lowest BCUT2D eigenvalue weighted by Gasteiger charge is -2.18. The minimum absolute atomic E-state index is 0.108. The van der Waals surface area contributed by atoms with Crippen LogP contribution in [0, 0.1) is 6.92 Å². The summed E-state index contributed by atoms with van der Waals surface area (Å²) in [5.74, 6) is 0.645. The maximum atomic E-state index is 13.6. The Kier molecular flexibility index (Phi) is 5.79. The molecule has 34 heavy (non-hydrogen) atoms. The summed E-state index contributed by atoms with van der Waals surface area (Å²) in [6, 6.07) is 20.6. The van der Waals surface area contributed by atoms with Gasteiger partial charge >= 0.3 is 0 Å². The Morgan fingerprint density at radius 1 is 0.941 bits per heavy atom. The van der Waals surface area contributed by atoms with Gasteiger partial charge in [-0.15, -0.1) is 0 Å². The van der Waals surface area contributed by atoms with E-state index in [2.05, 4.69) is 18.8 Å². The van der Waals surface area contributed by atoms with E-state index in [4.69, 9.17) is 4.98 Å². The van der Waals surface area contributed by atoms with Crippen molar-refractivity contribution in [3.05, 3.63) is 110 Å². The summed E-state index contributed by atoms with van der Waals surface area (Å²) in [6.45, 7) is 6.19. The molecule has 0 radical (unpaired) electrons. The number of thioether (sulfide) groups is 1. The summed E-state index contributed by atoms with van der Waals surface area (Å²) in [6.07, 6.45) is 1.74. The number of aromatic nitrogens is 4. The first-order chi connectivity index (χ1) is 16.4. The molecule has 5 rings (SSSR count). The molecule has 0 spiro atoms. The number of hydrogen-bond acceptors (Lipinski definition) is 5. The zero-order valence-corrected chi connectivity index (χ0v) is 20.0. The Morgan fingerprint density at radius 2 is 1.71 bits per heavy atom. The Labute approximate surface area is 200 Å². The summed E-state index contributed by atoms with van der Waals surface area (Å²) < 4.78 is 3.23. The summed E-state index contributed by atoms with van der Waals surface area (Å²) in [5.41, 5.74) is 4.59. The highest BCUT2D eigenvalue weighted by Gasteiger charge is 2.17. The largest absolute Gasteiger partial charge is 0.269 e. The summed E-state index contributed by atoms with van der Waals surface area (Å²) in [7, 11) is 0. The Morgan fingerprint density at radius 3 is 2.53 bits per heavy atom. The predicted molar refractivity (Wildman–Crippen MR) is 137 cm³/mol. The van der Waals surface area contributed by atoms with Gasteiger partial charge in [-0.3, -0.25) is 18.6 Å². The second-order valence-electron chi connectivity index (χ2n) is 8.57. The van der Waals surface area contributed by atoms with Crippen LogP contribution in [0.2, 0.25) is 0 Å². The van der Waals surface area contributed by atoms with Gasteiger partial charge in [-0.1, -0.05) is 55.9 Å². The zero-order chi connectivity index (χ0) is 23.8.